The number of amides is 1. The Bertz CT molecular complexity index is 623. The van der Waals surface area contributed by atoms with E-state index in [1.807, 2.05) is 31.2 Å². The summed E-state index contributed by atoms with van der Waals surface area (Å²) in [6, 6.07) is 11.1. The van der Waals surface area contributed by atoms with Gasteiger partial charge in [0.05, 0.1) is 0 Å². The Morgan fingerprint density at radius 3 is 2.58 bits per heavy atom. The van der Waals surface area contributed by atoms with E-state index >= 15 is 0 Å². The summed E-state index contributed by atoms with van der Waals surface area (Å²) < 4.78 is 0. The average Bonchev–Trinajstić information content (AvgIpc) is 2.54. The number of pyridine rings is 1. The number of aromatic nitrogens is 1. The molecule has 24 heavy (non-hydrogen) atoms. The fourth-order valence-electron chi connectivity index (χ4n) is 2.12. The minimum Gasteiger partial charge on any atom is -0.399 e. The average molecular weight is 371 g/mol. The van der Waals surface area contributed by atoms with E-state index in [1.165, 1.54) is 0 Å². The number of unbranched alkanes of at least 4 members (excludes halogenated alkanes) is 1. The van der Waals surface area contributed by atoms with E-state index in [1.54, 1.807) is 18.3 Å². The highest BCUT2D eigenvalue weighted by atomic mass is 35.5. The number of carbonyl (C=O) groups excluding carboxylic acids is 1. The molecule has 5 nitrogen and oxygen atoms in total. The lowest BCUT2D eigenvalue weighted by Gasteiger charge is -2.09. The zero-order valence-corrected chi connectivity index (χ0v) is 15.3. The van der Waals surface area contributed by atoms with Gasteiger partial charge in [-0.05, 0) is 49.6 Å². The highest BCUT2D eigenvalue weighted by Crippen LogP contribution is 2.12. The third-order valence-corrected chi connectivity index (χ3v) is 3.37. The van der Waals surface area contributed by atoms with Crippen molar-refractivity contribution in [2.75, 3.05) is 24.1 Å². The molecule has 0 aliphatic carbocycles. The monoisotopic (exact) mass is 370 g/mol. The minimum absolute atomic E-state index is 0. The third kappa shape index (κ3) is 7.06. The van der Waals surface area contributed by atoms with E-state index in [2.05, 4.69) is 15.6 Å². The number of nitrogens with one attached hydrogen (secondary N) is 2. The fourth-order valence-corrected chi connectivity index (χ4v) is 2.12. The van der Waals surface area contributed by atoms with Crippen LogP contribution < -0.4 is 16.4 Å². The summed E-state index contributed by atoms with van der Waals surface area (Å²) in [6.07, 6.45) is 3.64. The van der Waals surface area contributed by atoms with Crippen molar-refractivity contribution in [2.24, 2.45) is 0 Å². The molecule has 2 aromatic rings. The molecular formula is C17H24Cl2N4O. The second-order valence-electron chi connectivity index (χ2n) is 5.18. The molecule has 0 unspecified atom stereocenters. The van der Waals surface area contributed by atoms with Gasteiger partial charge in [-0.3, -0.25) is 4.79 Å². The lowest BCUT2D eigenvalue weighted by Crippen LogP contribution is -2.25. The molecule has 0 aliphatic heterocycles. The number of carbonyl (C=O) groups is 1. The third-order valence-electron chi connectivity index (χ3n) is 3.37. The van der Waals surface area contributed by atoms with Crippen molar-refractivity contribution in [1.82, 2.24) is 10.3 Å². The molecule has 4 N–H and O–H groups in total. The molecule has 1 aromatic carbocycles. The fraction of sp³-hybridized carbons (Fsp3) is 0.294. The number of hydrogen-bond donors (Lipinski definition) is 3. The Balaban J connectivity index is 0.00000264. The number of nitrogens with two attached hydrogens (primary N) is 1. The van der Waals surface area contributed by atoms with Gasteiger partial charge in [0.1, 0.15) is 5.82 Å². The molecule has 0 atom stereocenters. The molecule has 0 spiro atoms. The van der Waals surface area contributed by atoms with E-state index in [0.717, 1.165) is 30.8 Å². The van der Waals surface area contributed by atoms with Crippen LogP contribution in [0.3, 0.4) is 0 Å². The molecule has 1 amide bonds. The maximum absolute atomic E-state index is 12.1. The normalized spacial score (nSPS) is 9.38. The van der Waals surface area contributed by atoms with Crippen LogP contribution in [0.5, 0.6) is 0 Å². The van der Waals surface area contributed by atoms with Crippen LogP contribution in [0.1, 0.15) is 28.8 Å². The van der Waals surface area contributed by atoms with Crippen LogP contribution in [-0.2, 0) is 0 Å². The number of nitrogens with zero attached hydrogens (tertiary/aromatic N) is 1. The van der Waals surface area contributed by atoms with Gasteiger partial charge in [0.15, 0.2) is 0 Å². The summed E-state index contributed by atoms with van der Waals surface area (Å²) in [5, 5.41) is 6.17. The van der Waals surface area contributed by atoms with Crippen LogP contribution >= 0.6 is 24.8 Å². The Morgan fingerprint density at radius 1 is 1.12 bits per heavy atom. The number of hydrogen-bond acceptors (Lipinski definition) is 4. The molecular weight excluding hydrogens is 347 g/mol. The van der Waals surface area contributed by atoms with Gasteiger partial charge >= 0.3 is 0 Å². The summed E-state index contributed by atoms with van der Waals surface area (Å²) in [7, 11) is 0. The van der Waals surface area contributed by atoms with Crippen LogP contribution in [0.4, 0.5) is 11.5 Å². The van der Waals surface area contributed by atoms with Crippen molar-refractivity contribution in [3.63, 3.8) is 0 Å². The van der Waals surface area contributed by atoms with Crippen LogP contribution in [0.15, 0.2) is 42.6 Å². The SMILES string of the molecule is Cc1ccc(N)cc1C(=O)NCCCCNc1ccccn1.Cl.Cl. The van der Waals surface area contributed by atoms with Crippen LogP contribution in [-0.4, -0.2) is 24.0 Å². The molecule has 7 heteroatoms. The Morgan fingerprint density at radius 2 is 1.88 bits per heavy atom. The second-order valence-corrected chi connectivity index (χ2v) is 5.18. The minimum atomic E-state index is -0.0671. The van der Waals surface area contributed by atoms with Gasteiger partial charge in [0.25, 0.3) is 5.91 Å². The van der Waals surface area contributed by atoms with Crippen molar-refractivity contribution in [2.45, 2.75) is 19.8 Å². The zero-order valence-electron chi connectivity index (χ0n) is 13.6. The van der Waals surface area contributed by atoms with Crippen LogP contribution in [0, 0.1) is 6.92 Å². The van der Waals surface area contributed by atoms with E-state index in [4.69, 9.17) is 5.73 Å². The maximum Gasteiger partial charge on any atom is 0.251 e. The number of rotatable bonds is 7. The number of halogens is 2. The van der Waals surface area contributed by atoms with Gasteiger partial charge in [0.2, 0.25) is 0 Å². The van der Waals surface area contributed by atoms with Crippen molar-refractivity contribution >= 4 is 42.2 Å². The molecule has 0 fully saturated rings. The lowest BCUT2D eigenvalue weighted by atomic mass is 10.1. The first-order chi connectivity index (χ1) is 10.7. The van der Waals surface area contributed by atoms with Crippen LogP contribution in [0.25, 0.3) is 0 Å². The summed E-state index contributed by atoms with van der Waals surface area (Å²) >= 11 is 0. The molecule has 1 heterocycles. The molecule has 0 aliphatic rings. The predicted octanol–water partition coefficient (Wildman–Crippen LogP) is 3.44. The van der Waals surface area contributed by atoms with E-state index < -0.39 is 0 Å². The zero-order chi connectivity index (χ0) is 15.8. The van der Waals surface area contributed by atoms with Gasteiger partial charge < -0.3 is 16.4 Å². The van der Waals surface area contributed by atoms with Crippen molar-refractivity contribution in [3.8, 4) is 0 Å². The van der Waals surface area contributed by atoms with Gasteiger partial charge in [0, 0.05) is 30.5 Å². The first kappa shape index (κ1) is 22.0. The molecule has 0 saturated heterocycles. The molecule has 0 radical (unpaired) electrons. The predicted molar refractivity (Wildman–Crippen MR) is 104 cm³/mol. The maximum atomic E-state index is 12.1. The van der Waals surface area contributed by atoms with Gasteiger partial charge in [-0.1, -0.05) is 12.1 Å². The second kappa shape index (κ2) is 11.5. The van der Waals surface area contributed by atoms with E-state index in [0.29, 0.717) is 17.8 Å². The number of aryl methyl sites for hydroxylation is 1. The van der Waals surface area contributed by atoms with Crippen molar-refractivity contribution < 1.29 is 4.79 Å². The number of benzene rings is 1. The smallest absolute Gasteiger partial charge is 0.251 e. The Labute approximate surface area is 155 Å². The summed E-state index contributed by atoms with van der Waals surface area (Å²) in [5.74, 6) is 0.810. The molecule has 0 bridgehead atoms. The summed E-state index contributed by atoms with van der Waals surface area (Å²) in [4.78, 5) is 16.3. The quantitative estimate of drug-likeness (QED) is 0.515. The number of nitrogen functional groups attached to an aromatic ring is 1. The number of anilines is 2. The topological polar surface area (TPSA) is 80.0 Å². The molecule has 2 rings (SSSR count). The highest BCUT2D eigenvalue weighted by molar-refractivity contribution is 5.96. The molecule has 132 valence electrons. The van der Waals surface area contributed by atoms with Crippen molar-refractivity contribution in [3.05, 3.63) is 53.7 Å². The Hall–Kier alpha value is -1.98. The first-order valence-corrected chi connectivity index (χ1v) is 7.46. The molecule has 0 saturated carbocycles. The highest BCUT2D eigenvalue weighted by Gasteiger charge is 2.08. The first-order valence-electron chi connectivity index (χ1n) is 7.46. The van der Waals surface area contributed by atoms with Gasteiger partial charge in [-0.25, -0.2) is 4.98 Å². The summed E-state index contributed by atoms with van der Waals surface area (Å²) in [6.45, 7) is 3.40. The van der Waals surface area contributed by atoms with Gasteiger partial charge in [-0.15, -0.1) is 24.8 Å². The van der Waals surface area contributed by atoms with Crippen molar-refractivity contribution in [1.29, 1.82) is 0 Å². The van der Waals surface area contributed by atoms with Crippen LogP contribution in [0.2, 0.25) is 0 Å². The standard InChI is InChI=1S/C17H22N4O.2ClH/c1-13-7-8-14(18)12-15(13)17(22)21-11-5-4-10-20-16-6-2-3-9-19-16;;/h2-3,6-9,12H,4-5,10-11,18H2,1H3,(H,19,20)(H,21,22);2*1H. The van der Waals surface area contributed by atoms with E-state index in [9.17, 15) is 4.79 Å². The molecule has 1 aromatic heterocycles. The largest absolute Gasteiger partial charge is 0.399 e. The Kier molecular flexibility index (Phi) is 10.6. The summed E-state index contributed by atoms with van der Waals surface area (Å²) in [5.41, 5.74) is 7.91. The van der Waals surface area contributed by atoms with E-state index in [-0.39, 0.29) is 30.7 Å². The van der Waals surface area contributed by atoms with Gasteiger partial charge in [-0.2, -0.15) is 0 Å². The lowest BCUT2D eigenvalue weighted by molar-refractivity contribution is 0.0952.